The van der Waals surface area contributed by atoms with Crippen molar-refractivity contribution in [2.24, 2.45) is 0 Å². The zero-order valence-electron chi connectivity index (χ0n) is 13.8. The van der Waals surface area contributed by atoms with Crippen LogP contribution in [0.3, 0.4) is 0 Å². The van der Waals surface area contributed by atoms with Crippen LogP contribution in [0.4, 0.5) is 0 Å². The molecule has 0 fully saturated rings. The molecule has 2 aromatic carbocycles. The summed E-state index contributed by atoms with van der Waals surface area (Å²) in [4.78, 5) is 23.7. The Hall–Kier alpha value is -2.62. The lowest BCUT2D eigenvalue weighted by atomic mass is 10.0. The second-order valence-corrected chi connectivity index (χ2v) is 6.15. The van der Waals surface area contributed by atoms with Gasteiger partial charge in [0.05, 0.1) is 12.7 Å². The molecule has 0 unspecified atom stereocenters. The number of ether oxygens (including phenoxy) is 2. The predicted molar refractivity (Wildman–Crippen MR) is 90.2 cm³/mol. The summed E-state index contributed by atoms with van der Waals surface area (Å²) in [7, 11) is 1.35. The van der Waals surface area contributed by atoms with E-state index in [2.05, 4.69) is 0 Å². The summed E-state index contributed by atoms with van der Waals surface area (Å²) in [6.07, 6.45) is 2.99. The van der Waals surface area contributed by atoms with Gasteiger partial charge in [-0.2, -0.15) is 0 Å². The minimum atomic E-state index is -0.540. The molecule has 0 bridgehead atoms. The number of benzene rings is 2. The monoisotopic (exact) mass is 312 g/mol. The molecule has 0 aliphatic heterocycles. The minimum Gasteiger partial charge on any atom is -0.465 e. The maximum Gasteiger partial charge on any atom is 0.338 e. The SMILES string of the molecule is COC(=O)c1cc(C=CC(=O)OC(C)(C)C)cc2ccccc12. The Bertz CT molecular complexity index is 767. The quantitative estimate of drug-likeness (QED) is 0.635. The van der Waals surface area contributed by atoms with Gasteiger partial charge in [-0.3, -0.25) is 0 Å². The van der Waals surface area contributed by atoms with Gasteiger partial charge in [0.25, 0.3) is 0 Å². The topological polar surface area (TPSA) is 52.6 Å². The largest absolute Gasteiger partial charge is 0.465 e. The van der Waals surface area contributed by atoms with Gasteiger partial charge in [-0.05, 0) is 55.3 Å². The van der Waals surface area contributed by atoms with Crippen molar-refractivity contribution in [2.75, 3.05) is 7.11 Å². The molecular formula is C19H20O4. The fourth-order valence-electron chi connectivity index (χ4n) is 2.21. The van der Waals surface area contributed by atoms with E-state index < -0.39 is 17.5 Å². The van der Waals surface area contributed by atoms with E-state index in [4.69, 9.17) is 9.47 Å². The number of hydrogen-bond acceptors (Lipinski definition) is 4. The lowest BCUT2D eigenvalue weighted by molar-refractivity contribution is -0.148. The van der Waals surface area contributed by atoms with Gasteiger partial charge in [0.1, 0.15) is 5.60 Å². The molecule has 0 saturated carbocycles. The smallest absolute Gasteiger partial charge is 0.338 e. The number of rotatable bonds is 3. The van der Waals surface area contributed by atoms with Crippen LogP contribution in [0, 0.1) is 0 Å². The van der Waals surface area contributed by atoms with Crippen LogP contribution in [0.25, 0.3) is 16.8 Å². The summed E-state index contributed by atoms with van der Waals surface area (Å²) in [6.45, 7) is 5.43. The van der Waals surface area contributed by atoms with Crippen molar-refractivity contribution in [1.29, 1.82) is 0 Å². The third-order valence-electron chi connectivity index (χ3n) is 3.11. The van der Waals surface area contributed by atoms with Gasteiger partial charge >= 0.3 is 11.9 Å². The van der Waals surface area contributed by atoms with Gasteiger partial charge in [0.2, 0.25) is 0 Å². The van der Waals surface area contributed by atoms with Crippen LogP contribution in [0.2, 0.25) is 0 Å². The second-order valence-electron chi connectivity index (χ2n) is 6.15. The molecule has 23 heavy (non-hydrogen) atoms. The van der Waals surface area contributed by atoms with Crippen LogP contribution in [0.1, 0.15) is 36.7 Å². The summed E-state index contributed by atoms with van der Waals surface area (Å²) >= 11 is 0. The molecule has 0 aliphatic carbocycles. The zero-order chi connectivity index (χ0) is 17.0. The highest BCUT2D eigenvalue weighted by Gasteiger charge is 2.14. The summed E-state index contributed by atoms with van der Waals surface area (Å²) in [5.41, 5.74) is 0.659. The Morgan fingerprint density at radius 3 is 2.43 bits per heavy atom. The zero-order valence-corrected chi connectivity index (χ0v) is 13.8. The molecule has 4 nitrogen and oxygen atoms in total. The van der Waals surface area contributed by atoms with Crippen LogP contribution in [0.5, 0.6) is 0 Å². The predicted octanol–water partition coefficient (Wildman–Crippen LogP) is 3.98. The molecule has 0 spiro atoms. The lowest BCUT2D eigenvalue weighted by Crippen LogP contribution is -2.22. The summed E-state index contributed by atoms with van der Waals surface area (Å²) in [6, 6.07) is 11.1. The van der Waals surface area contributed by atoms with E-state index in [1.54, 1.807) is 12.1 Å². The molecule has 4 heteroatoms. The number of fused-ring (bicyclic) bond motifs is 1. The summed E-state index contributed by atoms with van der Waals surface area (Å²) in [5, 5.41) is 1.72. The van der Waals surface area contributed by atoms with Gasteiger partial charge in [-0.15, -0.1) is 0 Å². The Balaban J connectivity index is 2.38. The van der Waals surface area contributed by atoms with E-state index >= 15 is 0 Å². The van der Waals surface area contributed by atoms with Crippen molar-refractivity contribution < 1.29 is 19.1 Å². The van der Waals surface area contributed by atoms with Gasteiger partial charge in [-0.1, -0.05) is 24.3 Å². The normalized spacial score (nSPS) is 11.7. The molecule has 120 valence electrons. The van der Waals surface area contributed by atoms with Crippen molar-refractivity contribution in [2.45, 2.75) is 26.4 Å². The van der Waals surface area contributed by atoms with E-state index in [-0.39, 0.29) is 0 Å². The third kappa shape index (κ3) is 4.42. The highest BCUT2D eigenvalue weighted by molar-refractivity contribution is 6.05. The first-order chi connectivity index (χ1) is 10.8. The van der Waals surface area contributed by atoms with E-state index in [0.717, 1.165) is 16.3 Å². The van der Waals surface area contributed by atoms with Gasteiger partial charge < -0.3 is 9.47 Å². The van der Waals surface area contributed by atoms with Crippen molar-refractivity contribution >= 4 is 28.8 Å². The Kier molecular flexibility index (Phi) is 4.84. The van der Waals surface area contributed by atoms with Crippen molar-refractivity contribution in [3.8, 4) is 0 Å². The number of carbonyl (C=O) groups is 2. The molecule has 0 saturated heterocycles. The Morgan fingerprint density at radius 2 is 1.78 bits per heavy atom. The lowest BCUT2D eigenvalue weighted by Gasteiger charge is -2.17. The van der Waals surface area contributed by atoms with Crippen LogP contribution in [-0.4, -0.2) is 24.6 Å². The van der Waals surface area contributed by atoms with Gasteiger partial charge in [0.15, 0.2) is 0 Å². The fraction of sp³-hybridized carbons (Fsp3) is 0.263. The van der Waals surface area contributed by atoms with Crippen LogP contribution >= 0.6 is 0 Å². The highest BCUT2D eigenvalue weighted by atomic mass is 16.6. The summed E-state index contributed by atoms with van der Waals surface area (Å²) in [5.74, 6) is -0.834. The number of esters is 2. The maximum atomic E-state index is 12.0. The first-order valence-electron chi connectivity index (χ1n) is 7.32. The van der Waals surface area contributed by atoms with Crippen molar-refractivity contribution in [3.63, 3.8) is 0 Å². The Labute approximate surface area is 135 Å². The summed E-state index contributed by atoms with van der Waals surface area (Å²) < 4.78 is 10.1. The molecule has 0 radical (unpaired) electrons. The fourth-order valence-corrected chi connectivity index (χ4v) is 2.21. The van der Waals surface area contributed by atoms with Crippen molar-refractivity contribution in [1.82, 2.24) is 0 Å². The average Bonchev–Trinajstić information content (AvgIpc) is 2.49. The van der Waals surface area contributed by atoms with E-state index in [1.165, 1.54) is 13.2 Å². The minimum absolute atomic E-state index is 0.409. The number of carbonyl (C=O) groups excluding carboxylic acids is 2. The second kappa shape index (κ2) is 6.65. The molecule has 0 aromatic heterocycles. The first kappa shape index (κ1) is 16.7. The molecule has 2 aromatic rings. The molecule has 2 rings (SSSR count). The van der Waals surface area contributed by atoms with E-state index in [9.17, 15) is 9.59 Å². The van der Waals surface area contributed by atoms with E-state index in [1.807, 2.05) is 51.1 Å². The number of hydrogen-bond donors (Lipinski definition) is 0. The van der Waals surface area contributed by atoms with E-state index in [0.29, 0.717) is 5.56 Å². The molecule has 0 atom stereocenters. The molecule has 0 amide bonds. The van der Waals surface area contributed by atoms with Gasteiger partial charge in [-0.25, -0.2) is 9.59 Å². The molecule has 0 N–H and O–H groups in total. The van der Waals surface area contributed by atoms with Gasteiger partial charge in [0, 0.05) is 6.08 Å². The van der Waals surface area contributed by atoms with Crippen LogP contribution < -0.4 is 0 Å². The highest BCUT2D eigenvalue weighted by Crippen LogP contribution is 2.23. The third-order valence-corrected chi connectivity index (χ3v) is 3.11. The maximum absolute atomic E-state index is 12.0. The number of methoxy groups -OCH3 is 1. The molecular weight excluding hydrogens is 292 g/mol. The molecule has 0 heterocycles. The standard InChI is InChI=1S/C19H20O4/c1-19(2,3)23-17(20)10-9-13-11-14-7-5-6-8-15(14)16(12-13)18(21)22-4/h5-12H,1-4H3. The van der Waals surface area contributed by atoms with Crippen LogP contribution in [0.15, 0.2) is 42.5 Å². The Morgan fingerprint density at radius 1 is 1.09 bits per heavy atom. The van der Waals surface area contributed by atoms with Crippen molar-refractivity contribution in [3.05, 3.63) is 53.6 Å². The average molecular weight is 312 g/mol. The first-order valence-corrected chi connectivity index (χ1v) is 7.32. The van der Waals surface area contributed by atoms with Crippen LogP contribution in [-0.2, 0) is 14.3 Å². The molecule has 0 aliphatic rings.